The van der Waals surface area contributed by atoms with Gasteiger partial charge in [-0.1, -0.05) is 82.7 Å². The predicted molar refractivity (Wildman–Crippen MR) is 314 cm³/mol. The SMILES string of the molecule is C=CC(=O)Nc1cc(N2CCOCC2)cc(C)c1Nc1ncc2cc(-c3c(Cl)c(OC)cc(OCCOc4cc(OC)c(Cl)c(-c5cc6cnc([N+](=C)c7c(C)cccc7NC(=O)C=C)nc6n(C)c5=O)c4Cl)c3Cl)ccc2n1. The van der Waals surface area contributed by atoms with Crippen LogP contribution < -0.4 is 49.9 Å². The molecule has 0 radical (unpaired) electrons. The van der Waals surface area contributed by atoms with Crippen LogP contribution in [0.4, 0.5) is 40.3 Å². The number of aromatic nitrogens is 5. The summed E-state index contributed by atoms with van der Waals surface area (Å²) in [6.45, 7) is 17.7. The average molecular weight is 1150 g/mol. The van der Waals surface area contributed by atoms with E-state index in [2.05, 4.69) is 50.7 Å². The summed E-state index contributed by atoms with van der Waals surface area (Å²) in [6, 6.07) is 19.5. The molecule has 1 aliphatic heterocycles. The first-order valence-electron chi connectivity index (χ1n) is 24.4. The van der Waals surface area contributed by atoms with Gasteiger partial charge in [-0.15, -0.1) is 0 Å². The molecule has 18 nitrogen and oxygen atoms in total. The quantitative estimate of drug-likeness (QED) is 0.0318. The highest BCUT2D eigenvalue weighted by atomic mass is 35.5. The van der Waals surface area contributed by atoms with Crippen molar-refractivity contribution in [1.29, 1.82) is 0 Å². The number of methoxy groups -OCH3 is 2. The lowest BCUT2D eigenvalue weighted by Crippen LogP contribution is -2.36. The number of morpholine rings is 1. The van der Waals surface area contributed by atoms with Crippen LogP contribution in [0.15, 0.2) is 109 Å². The van der Waals surface area contributed by atoms with Crippen molar-refractivity contribution in [3.63, 3.8) is 0 Å². The number of carbonyl (C=O) groups excluding carboxylic acids is 2. The molecule has 1 saturated heterocycles. The molecule has 0 bridgehead atoms. The second kappa shape index (κ2) is 23.8. The number of amides is 2. The van der Waals surface area contributed by atoms with Crippen molar-refractivity contribution < 1.29 is 33.3 Å². The minimum Gasteiger partial charge on any atom is -0.495 e. The minimum atomic E-state index is -0.487. The maximum Gasteiger partial charge on any atom is 0.439 e. The number of rotatable bonds is 18. The average Bonchev–Trinajstić information content (AvgIpc) is 3.57. The summed E-state index contributed by atoms with van der Waals surface area (Å²) in [5, 5.41) is 10.7. The van der Waals surface area contributed by atoms with Crippen LogP contribution in [-0.4, -0.2) is 96.8 Å². The fourth-order valence-corrected chi connectivity index (χ4v) is 10.4. The summed E-state index contributed by atoms with van der Waals surface area (Å²) >= 11 is 28.0. The van der Waals surface area contributed by atoms with Gasteiger partial charge in [-0.25, -0.2) is 14.5 Å². The van der Waals surface area contributed by atoms with Crippen LogP contribution in [0.5, 0.6) is 23.0 Å². The molecule has 22 heteroatoms. The van der Waals surface area contributed by atoms with Gasteiger partial charge in [-0.05, 0) is 84.1 Å². The Balaban J connectivity index is 0.940. The fraction of sp³-hybridized carbons (Fsp3) is 0.193. The van der Waals surface area contributed by atoms with E-state index in [0.717, 1.165) is 36.0 Å². The van der Waals surface area contributed by atoms with Crippen LogP contribution >= 0.6 is 46.4 Å². The van der Waals surface area contributed by atoms with E-state index in [9.17, 15) is 14.4 Å². The largest absolute Gasteiger partial charge is 0.495 e. The number of nitrogens with one attached hydrogen (secondary N) is 3. The number of ether oxygens (including phenoxy) is 5. The zero-order valence-corrected chi connectivity index (χ0v) is 46.5. The van der Waals surface area contributed by atoms with E-state index < -0.39 is 11.5 Å². The number of anilines is 5. The molecule has 9 rings (SSSR count). The Bertz CT molecular complexity index is 3870. The Morgan fingerprint density at radius 3 is 2.03 bits per heavy atom. The van der Waals surface area contributed by atoms with Crippen molar-refractivity contribution in [2.45, 2.75) is 13.8 Å². The van der Waals surface area contributed by atoms with Crippen molar-refractivity contribution in [3.8, 4) is 45.3 Å². The predicted octanol–water partition coefficient (Wildman–Crippen LogP) is 11.7. The number of hydrogen-bond donors (Lipinski definition) is 3. The van der Waals surface area contributed by atoms with Crippen LogP contribution in [0, 0.1) is 13.8 Å². The van der Waals surface area contributed by atoms with Gasteiger partial charge in [0.05, 0.1) is 81.1 Å². The number of aryl methyl sites for hydroxylation is 3. The van der Waals surface area contributed by atoms with Crippen LogP contribution in [0.2, 0.25) is 20.1 Å². The van der Waals surface area contributed by atoms with E-state index in [0.29, 0.717) is 75.1 Å². The zero-order valence-electron chi connectivity index (χ0n) is 43.4. The molecular formula is C57H51Cl4N10O8+. The van der Waals surface area contributed by atoms with E-state index in [4.69, 9.17) is 80.1 Å². The van der Waals surface area contributed by atoms with Crippen LogP contribution in [0.1, 0.15) is 11.1 Å². The third kappa shape index (κ3) is 11.4. The fourth-order valence-electron chi connectivity index (χ4n) is 9.01. The highest BCUT2D eigenvalue weighted by Crippen LogP contribution is 2.48. The van der Waals surface area contributed by atoms with Gasteiger partial charge in [-0.2, -0.15) is 0 Å². The molecular weight excluding hydrogens is 1090 g/mol. The van der Waals surface area contributed by atoms with Crippen molar-refractivity contribution in [3.05, 3.63) is 146 Å². The molecule has 0 saturated carbocycles. The number of hydrogen-bond acceptors (Lipinski definition) is 14. The van der Waals surface area contributed by atoms with E-state index in [1.807, 2.05) is 50.2 Å². The maximum absolute atomic E-state index is 14.3. The highest BCUT2D eigenvalue weighted by Gasteiger charge is 2.27. The van der Waals surface area contributed by atoms with Gasteiger partial charge in [-0.3, -0.25) is 19.0 Å². The topological polar surface area (TPSA) is 196 Å². The molecule has 8 aromatic rings. The third-order valence-electron chi connectivity index (χ3n) is 12.9. The zero-order chi connectivity index (χ0) is 56.2. The second-order valence-electron chi connectivity index (χ2n) is 17.9. The molecule has 2 amide bonds. The summed E-state index contributed by atoms with van der Waals surface area (Å²) < 4.78 is 32.1. The number of pyridine rings is 1. The molecule has 404 valence electrons. The van der Waals surface area contributed by atoms with Gasteiger partial charge in [0.15, 0.2) is 0 Å². The number of halogens is 4. The van der Waals surface area contributed by atoms with Gasteiger partial charge >= 0.3 is 5.95 Å². The monoisotopic (exact) mass is 1140 g/mol. The third-order valence-corrected chi connectivity index (χ3v) is 14.4. The molecule has 79 heavy (non-hydrogen) atoms. The molecule has 5 aromatic carbocycles. The molecule has 0 spiro atoms. The van der Waals surface area contributed by atoms with Gasteiger partial charge in [0.25, 0.3) is 5.56 Å². The summed E-state index contributed by atoms with van der Waals surface area (Å²) in [6.07, 6.45) is 5.59. The standard InChI is InChI=1S/C57H50Cl4N10O8/c1-9-44(72)64-38-13-11-12-30(3)53(38)69(5)57-63-29-34-24-36(55(74)70(6)54(34)68-57)47-49(59)41(76-8)27-43(51(47)61)79-21-20-78-42-26-40(75-7)48(58)46(50(42)60)32-14-15-37-33(23-32)28-62-56(66-37)67-52-31(4)22-35(71-16-18-77-19-17-71)25-39(52)65-45(73)10-2/h9-15,22-29H,1-2,5,16-21H2,3-4,6-8H3,(H2-,62,64,65,66,67,72,73)/p+1. The summed E-state index contributed by atoms with van der Waals surface area (Å²) in [7, 11) is 4.47. The van der Waals surface area contributed by atoms with Crippen LogP contribution in [0.25, 0.3) is 44.2 Å². The summed E-state index contributed by atoms with van der Waals surface area (Å²) in [4.78, 5) is 59.9. The van der Waals surface area contributed by atoms with E-state index in [1.165, 1.54) is 35.5 Å². The molecule has 3 N–H and O–H groups in total. The van der Waals surface area contributed by atoms with Crippen molar-refractivity contribution in [1.82, 2.24) is 29.1 Å². The second-order valence-corrected chi connectivity index (χ2v) is 19.4. The van der Waals surface area contributed by atoms with Crippen LogP contribution in [-0.2, 0) is 21.4 Å². The summed E-state index contributed by atoms with van der Waals surface area (Å²) in [5.74, 6) is 0.579. The van der Waals surface area contributed by atoms with Gasteiger partial charge in [0.2, 0.25) is 23.4 Å². The molecule has 0 aliphatic carbocycles. The molecule has 4 heterocycles. The molecule has 3 aromatic heterocycles. The lowest BCUT2D eigenvalue weighted by atomic mass is 10.0. The highest BCUT2D eigenvalue weighted by molar-refractivity contribution is 6.42. The Morgan fingerprint density at radius 1 is 0.747 bits per heavy atom. The van der Waals surface area contributed by atoms with E-state index in [-0.39, 0.29) is 79.2 Å². The van der Waals surface area contributed by atoms with Crippen molar-refractivity contribution in [2.24, 2.45) is 7.05 Å². The Kier molecular flexibility index (Phi) is 16.7. The first kappa shape index (κ1) is 55.5. The smallest absolute Gasteiger partial charge is 0.439 e. The summed E-state index contributed by atoms with van der Waals surface area (Å²) in [5.41, 5.74) is 6.55. The Morgan fingerprint density at radius 2 is 1.37 bits per heavy atom. The number of para-hydroxylation sites is 1. The van der Waals surface area contributed by atoms with Crippen molar-refractivity contribution in [2.75, 3.05) is 74.6 Å². The Hall–Kier alpha value is -8.26. The molecule has 0 atom stereocenters. The number of fused-ring (bicyclic) bond motifs is 2. The van der Waals surface area contributed by atoms with E-state index >= 15 is 0 Å². The first-order chi connectivity index (χ1) is 38.0. The lowest BCUT2D eigenvalue weighted by Gasteiger charge is -2.30. The Labute approximate surface area is 473 Å². The van der Waals surface area contributed by atoms with Gasteiger partial charge < -0.3 is 44.5 Å². The minimum absolute atomic E-state index is 0.0315. The number of carbonyl (C=O) groups is 2. The molecule has 1 aliphatic rings. The number of benzene rings is 5. The maximum atomic E-state index is 14.3. The van der Waals surface area contributed by atoms with Crippen LogP contribution in [0.3, 0.4) is 0 Å². The lowest BCUT2D eigenvalue weighted by molar-refractivity contribution is -0.112. The molecule has 1 fully saturated rings. The van der Waals surface area contributed by atoms with Gasteiger partial charge in [0.1, 0.15) is 48.1 Å². The van der Waals surface area contributed by atoms with E-state index in [1.54, 1.807) is 43.7 Å². The van der Waals surface area contributed by atoms with Crippen molar-refractivity contribution >= 4 is 127 Å². The number of nitrogens with zero attached hydrogens (tertiary/aromatic N) is 7. The normalized spacial score (nSPS) is 12.2. The molecule has 0 unspecified atom stereocenters. The van der Waals surface area contributed by atoms with Gasteiger partial charge in [0, 0.05) is 67.4 Å². The first-order valence-corrected chi connectivity index (χ1v) is 25.9.